The zero-order valence-corrected chi connectivity index (χ0v) is 20.8. The first kappa shape index (κ1) is 23.2. The van der Waals surface area contributed by atoms with Gasteiger partial charge in [0.2, 0.25) is 10.0 Å². The summed E-state index contributed by atoms with van der Waals surface area (Å²) in [4.78, 5) is 11.1. The number of benzene rings is 2. The lowest BCUT2D eigenvalue weighted by atomic mass is 9.98. The van der Waals surface area contributed by atoms with E-state index >= 15 is 0 Å². The molecule has 1 aliphatic heterocycles. The fraction of sp³-hybridized carbons (Fsp3) is 0.348. The van der Waals surface area contributed by atoms with Gasteiger partial charge in [0.25, 0.3) is 0 Å². The second-order valence-corrected chi connectivity index (χ2v) is 11.4. The van der Waals surface area contributed by atoms with Crippen LogP contribution in [0.1, 0.15) is 31.7 Å². The zero-order valence-electron chi connectivity index (χ0n) is 17.8. The van der Waals surface area contributed by atoms with Gasteiger partial charge in [-0.25, -0.2) is 12.8 Å². The predicted octanol–water partition coefficient (Wildman–Crippen LogP) is 4.55. The molecule has 1 unspecified atom stereocenters. The molecular weight excluding hydrogens is 546 g/mol. The average Bonchev–Trinajstić information content (AvgIpc) is 3.35. The van der Waals surface area contributed by atoms with Crippen LogP contribution in [0.2, 0.25) is 0 Å². The average molecular weight is 570 g/mol. The van der Waals surface area contributed by atoms with E-state index in [1.807, 2.05) is 29.0 Å². The summed E-state index contributed by atoms with van der Waals surface area (Å²) in [6, 6.07) is 9.83. The molecule has 9 heteroatoms. The third kappa shape index (κ3) is 4.42. The van der Waals surface area contributed by atoms with E-state index in [2.05, 4.69) is 22.6 Å². The van der Waals surface area contributed by atoms with Crippen molar-refractivity contribution in [2.75, 3.05) is 13.1 Å². The standard InChI is InChI=1S/C23H24FIN2O4S/c1-15(2)31-23-6-4-18(12-21(23)24)32(29,30)27-8-7-16(13-27)20-14-26(9-10-28)22-11-17(25)3-5-19(20)22/h3-6,10-12,14-16H,7-9,13H2,1-2H3. The second-order valence-electron chi connectivity index (χ2n) is 8.17. The number of fused-ring (bicyclic) bond motifs is 1. The predicted molar refractivity (Wildman–Crippen MR) is 129 cm³/mol. The Morgan fingerprint density at radius 2 is 2.03 bits per heavy atom. The van der Waals surface area contributed by atoms with Crippen molar-refractivity contribution in [3.8, 4) is 5.75 Å². The van der Waals surface area contributed by atoms with Gasteiger partial charge in [0, 0.05) is 39.7 Å². The Bertz CT molecular complexity index is 1270. The summed E-state index contributed by atoms with van der Waals surface area (Å²) in [5.41, 5.74) is 1.99. The summed E-state index contributed by atoms with van der Waals surface area (Å²) in [7, 11) is -3.84. The van der Waals surface area contributed by atoms with Crippen LogP contribution in [0.15, 0.2) is 47.5 Å². The maximum Gasteiger partial charge on any atom is 0.243 e. The van der Waals surface area contributed by atoms with Gasteiger partial charge in [0.15, 0.2) is 11.6 Å². The maximum absolute atomic E-state index is 14.4. The number of hydrogen-bond acceptors (Lipinski definition) is 4. The molecule has 4 rings (SSSR count). The highest BCUT2D eigenvalue weighted by Gasteiger charge is 2.35. The van der Waals surface area contributed by atoms with E-state index in [1.165, 1.54) is 16.4 Å². The van der Waals surface area contributed by atoms with Crippen molar-refractivity contribution in [3.05, 3.63) is 57.5 Å². The van der Waals surface area contributed by atoms with Crippen LogP contribution in [0.4, 0.5) is 4.39 Å². The number of carbonyl (C=O) groups is 1. The topological polar surface area (TPSA) is 68.6 Å². The second kappa shape index (κ2) is 9.11. The summed E-state index contributed by atoms with van der Waals surface area (Å²) in [5.74, 6) is -0.661. The fourth-order valence-corrected chi connectivity index (χ4v) is 6.18. The van der Waals surface area contributed by atoms with E-state index in [1.54, 1.807) is 13.8 Å². The monoisotopic (exact) mass is 570 g/mol. The summed E-state index contributed by atoms with van der Waals surface area (Å²) in [6.45, 7) is 4.46. The van der Waals surface area contributed by atoms with Crippen LogP contribution >= 0.6 is 22.6 Å². The SMILES string of the molecule is CC(C)Oc1ccc(S(=O)(=O)N2CCC(c3cn(CC=O)c4cc(I)ccc34)C2)cc1F. The van der Waals surface area contributed by atoms with Crippen molar-refractivity contribution in [2.24, 2.45) is 0 Å². The number of aromatic nitrogens is 1. The molecular formula is C23H24FIN2O4S. The number of halogens is 2. The van der Waals surface area contributed by atoms with E-state index in [4.69, 9.17) is 4.74 Å². The van der Waals surface area contributed by atoms with Crippen LogP contribution < -0.4 is 4.74 Å². The number of carbonyl (C=O) groups excluding carboxylic acids is 1. The number of rotatable bonds is 7. The number of aldehydes is 1. The van der Waals surface area contributed by atoms with Gasteiger partial charge in [0.1, 0.15) is 6.29 Å². The number of ether oxygens (including phenoxy) is 1. The van der Waals surface area contributed by atoms with E-state index in [0.717, 1.165) is 32.4 Å². The van der Waals surface area contributed by atoms with Crippen LogP contribution in [0.25, 0.3) is 10.9 Å². The maximum atomic E-state index is 14.4. The molecule has 0 spiro atoms. The van der Waals surface area contributed by atoms with Gasteiger partial charge in [0.05, 0.1) is 17.5 Å². The van der Waals surface area contributed by atoms with Crippen LogP contribution in [0.3, 0.4) is 0 Å². The summed E-state index contributed by atoms with van der Waals surface area (Å²) in [6.07, 6.45) is 3.25. The molecule has 170 valence electrons. The first-order chi connectivity index (χ1) is 15.2. The Labute approximate surface area is 200 Å². The van der Waals surface area contributed by atoms with Gasteiger partial charge < -0.3 is 14.1 Å². The molecule has 0 amide bonds. The summed E-state index contributed by atoms with van der Waals surface area (Å²) >= 11 is 2.23. The van der Waals surface area contributed by atoms with E-state index < -0.39 is 15.8 Å². The Morgan fingerprint density at radius 3 is 2.72 bits per heavy atom. The Hall–Kier alpha value is -1.98. The van der Waals surface area contributed by atoms with Gasteiger partial charge in [-0.2, -0.15) is 4.31 Å². The highest BCUT2D eigenvalue weighted by molar-refractivity contribution is 14.1. The quantitative estimate of drug-likeness (QED) is 0.309. The van der Waals surface area contributed by atoms with Crippen molar-refractivity contribution < 1.29 is 22.3 Å². The fourth-order valence-electron chi connectivity index (χ4n) is 4.19. The number of sulfonamides is 1. The third-order valence-electron chi connectivity index (χ3n) is 5.64. The van der Waals surface area contributed by atoms with E-state index in [0.29, 0.717) is 19.5 Å². The molecule has 0 N–H and O–H groups in total. The van der Waals surface area contributed by atoms with Gasteiger partial charge in [-0.1, -0.05) is 6.07 Å². The van der Waals surface area contributed by atoms with Crippen molar-refractivity contribution in [1.29, 1.82) is 0 Å². The highest BCUT2D eigenvalue weighted by Crippen LogP contribution is 2.37. The van der Waals surface area contributed by atoms with Crippen LogP contribution in [0, 0.1) is 9.39 Å². The molecule has 1 aliphatic rings. The molecule has 0 aliphatic carbocycles. The van der Waals surface area contributed by atoms with Crippen molar-refractivity contribution >= 4 is 49.8 Å². The molecule has 1 fully saturated rings. The highest BCUT2D eigenvalue weighted by atomic mass is 127. The molecule has 1 aromatic heterocycles. The van der Waals surface area contributed by atoms with Gasteiger partial charge >= 0.3 is 0 Å². The van der Waals surface area contributed by atoms with Crippen LogP contribution in [0.5, 0.6) is 5.75 Å². The normalized spacial score (nSPS) is 17.3. The van der Waals surface area contributed by atoms with Crippen molar-refractivity contribution in [2.45, 2.75) is 43.7 Å². The first-order valence-corrected chi connectivity index (χ1v) is 12.9. The molecule has 1 saturated heterocycles. The van der Waals surface area contributed by atoms with Crippen molar-refractivity contribution in [3.63, 3.8) is 0 Å². The van der Waals surface area contributed by atoms with Crippen molar-refractivity contribution in [1.82, 2.24) is 8.87 Å². The molecule has 0 radical (unpaired) electrons. The van der Waals surface area contributed by atoms with E-state index in [9.17, 15) is 17.6 Å². The molecule has 0 bridgehead atoms. The Kier molecular flexibility index (Phi) is 6.60. The molecule has 0 saturated carbocycles. The Morgan fingerprint density at radius 1 is 1.25 bits per heavy atom. The summed E-state index contributed by atoms with van der Waals surface area (Å²) < 4.78 is 50.5. The first-order valence-electron chi connectivity index (χ1n) is 10.4. The lowest BCUT2D eigenvalue weighted by molar-refractivity contribution is -0.108. The van der Waals surface area contributed by atoms with Gasteiger partial charge in [-0.3, -0.25) is 0 Å². The molecule has 2 heterocycles. The van der Waals surface area contributed by atoms with E-state index in [-0.39, 0.29) is 29.2 Å². The molecule has 2 aromatic carbocycles. The Balaban J connectivity index is 1.61. The molecule has 6 nitrogen and oxygen atoms in total. The molecule has 32 heavy (non-hydrogen) atoms. The van der Waals surface area contributed by atoms with Gasteiger partial charge in [-0.05, 0) is 78.8 Å². The lowest BCUT2D eigenvalue weighted by Crippen LogP contribution is -2.28. The van der Waals surface area contributed by atoms with Gasteiger partial charge in [-0.15, -0.1) is 0 Å². The minimum atomic E-state index is -3.84. The minimum absolute atomic E-state index is 0.00590. The van der Waals surface area contributed by atoms with Crippen LogP contribution in [-0.2, 0) is 21.4 Å². The molecule has 1 atom stereocenters. The largest absolute Gasteiger partial charge is 0.488 e. The molecule has 3 aromatic rings. The number of hydrogen-bond donors (Lipinski definition) is 0. The number of nitrogens with zero attached hydrogens (tertiary/aromatic N) is 2. The third-order valence-corrected chi connectivity index (χ3v) is 8.17. The summed E-state index contributed by atoms with van der Waals surface area (Å²) in [5, 5.41) is 1.03. The minimum Gasteiger partial charge on any atom is -0.488 e. The zero-order chi connectivity index (χ0) is 23.0. The lowest BCUT2D eigenvalue weighted by Gasteiger charge is -2.18. The van der Waals surface area contributed by atoms with Crippen LogP contribution in [-0.4, -0.2) is 42.8 Å². The smallest absolute Gasteiger partial charge is 0.243 e.